The van der Waals surface area contributed by atoms with Crippen LogP contribution in [0, 0.1) is 0 Å². The number of carbonyl (C=O) groups is 1. The SMILES string of the molecule is COC(=O)c1ccc(NCC2(OC)CCOC2)c(N)c1. The van der Waals surface area contributed by atoms with E-state index in [1.54, 1.807) is 25.3 Å². The number of anilines is 2. The van der Waals surface area contributed by atoms with Crippen LogP contribution < -0.4 is 11.1 Å². The van der Waals surface area contributed by atoms with Crippen molar-refractivity contribution in [2.45, 2.75) is 12.0 Å². The average Bonchev–Trinajstić information content (AvgIpc) is 2.94. The molecule has 20 heavy (non-hydrogen) atoms. The van der Waals surface area contributed by atoms with E-state index in [4.69, 9.17) is 15.2 Å². The summed E-state index contributed by atoms with van der Waals surface area (Å²) < 4.78 is 15.6. The molecule has 3 N–H and O–H groups in total. The van der Waals surface area contributed by atoms with E-state index < -0.39 is 5.97 Å². The van der Waals surface area contributed by atoms with Crippen LogP contribution in [-0.4, -0.2) is 45.5 Å². The normalized spacial score (nSPS) is 21.7. The zero-order valence-corrected chi connectivity index (χ0v) is 11.8. The zero-order valence-electron chi connectivity index (χ0n) is 11.8. The fraction of sp³-hybridized carbons (Fsp3) is 0.500. The Morgan fingerprint density at radius 2 is 2.30 bits per heavy atom. The van der Waals surface area contributed by atoms with E-state index in [0.29, 0.717) is 31.0 Å². The van der Waals surface area contributed by atoms with Crippen molar-refractivity contribution in [3.8, 4) is 0 Å². The number of nitrogens with one attached hydrogen (secondary N) is 1. The lowest BCUT2D eigenvalue weighted by Crippen LogP contribution is -2.39. The van der Waals surface area contributed by atoms with Crippen LogP contribution in [0.2, 0.25) is 0 Å². The Kier molecular flexibility index (Phi) is 4.46. The number of nitrogens with two attached hydrogens (primary N) is 1. The maximum atomic E-state index is 11.4. The van der Waals surface area contributed by atoms with Gasteiger partial charge in [0.25, 0.3) is 0 Å². The summed E-state index contributed by atoms with van der Waals surface area (Å²) in [5.41, 5.74) is 7.32. The second kappa shape index (κ2) is 6.11. The number of carbonyl (C=O) groups excluding carboxylic acids is 1. The molecule has 110 valence electrons. The summed E-state index contributed by atoms with van der Waals surface area (Å²) in [6.45, 7) is 1.87. The Balaban J connectivity index is 2.04. The van der Waals surface area contributed by atoms with Crippen molar-refractivity contribution in [1.82, 2.24) is 0 Å². The lowest BCUT2D eigenvalue weighted by Gasteiger charge is -2.26. The van der Waals surface area contributed by atoms with E-state index in [-0.39, 0.29) is 5.60 Å². The summed E-state index contributed by atoms with van der Waals surface area (Å²) in [4.78, 5) is 11.4. The molecular formula is C14H20N2O4. The summed E-state index contributed by atoms with van der Waals surface area (Å²) in [6, 6.07) is 5.04. The van der Waals surface area contributed by atoms with Crippen LogP contribution in [0.5, 0.6) is 0 Å². The minimum atomic E-state index is -0.402. The second-order valence-corrected chi connectivity index (χ2v) is 4.84. The molecule has 1 fully saturated rings. The predicted octanol–water partition coefficient (Wildman–Crippen LogP) is 1.27. The highest BCUT2D eigenvalue weighted by Crippen LogP contribution is 2.26. The van der Waals surface area contributed by atoms with Crippen molar-refractivity contribution in [1.29, 1.82) is 0 Å². The molecule has 1 aliphatic heterocycles. The van der Waals surface area contributed by atoms with Gasteiger partial charge in [-0.15, -0.1) is 0 Å². The minimum absolute atomic E-state index is 0.312. The topological polar surface area (TPSA) is 82.8 Å². The number of benzene rings is 1. The molecule has 0 aliphatic carbocycles. The van der Waals surface area contributed by atoms with Gasteiger partial charge in [-0.2, -0.15) is 0 Å². The highest BCUT2D eigenvalue weighted by atomic mass is 16.5. The monoisotopic (exact) mass is 280 g/mol. The molecule has 2 rings (SSSR count). The molecule has 0 spiro atoms. The minimum Gasteiger partial charge on any atom is -0.465 e. The van der Waals surface area contributed by atoms with Crippen molar-refractivity contribution >= 4 is 17.3 Å². The van der Waals surface area contributed by atoms with Gasteiger partial charge in [0.2, 0.25) is 0 Å². The van der Waals surface area contributed by atoms with Crippen molar-refractivity contribution in [2.75, 3.05) is 45.0 Å². The fourth-order valence-corrected chi connectivity index (χ4v) is 2.19. The van der Waals surface area contributed by atoms with Gasteiger partial charge in [-0.1, -0.05) is 0 Å². The van der Waals surface area contributed by atoms with Crippen molar-refractivity contribution in [3.05, 3.63) is 23.8 Å². The molecule has 1 atom stereocenters. The molecule has 1 heterocycles. The third-order valence-electron chi connectivity index (χ3n) is 3.57. The molecule has 0 bridgehead atoms. The molecule has 0 radical (unpaired) electrons. The summed E-state index contributed by atoms with van der Waals surface area (Å²) in [7, 11) is 3.02. The summed E-state index contributed by atoms with van der Waals surface area (Å²) in [6.07, 6.45) is 0.844. The molecule has 1 unspecified atom stereocenters. The van der Waals surface area contributed by atoms with E-state index in [0.717, 1.165) is 12.1 Å². The van der Waals surface area contributed by atoms with Gasteiger partial charge in [0.15, 0.2) is 0 Å². The van der Waals surface area contributed by atoms with Crippen LogP contribution in [0.15, 0.2) is 18.2 Å². The Hall–Kier alpha value is -1.79. The quantitative estimate of drug-likeness (QED) is 0.624. The summed E-state index contributed by atoms with van der Waals surface area (Å²) in [5, 5.41) is 3.25. The molecule has 1 aromatic carbocycles. The van der Waals surface area contributed by atoms with Gasteiger partial charge in [-0.3, -0.25) is 0 Å². The van der Waals surface area contributed by atoms with Gasteiger partial charge in [-0.05, 0) is 18.2 Å². The first kappa shape index (κ1) is 14.6. The third kappa shape index (κ3) is 3.02. The van der Waals surface area contributed by atoms with Crippen LogP contribution in [0.4, 0.5) is 11.4 Å². The van der Waals surface area contributed by atoms with Crippen LogP contribution in [0.3, 0.4) is 0 Å². The van der Waals surface area contributed by atoms with Crippen molar-refractivity contribution in [3.63, 3.8) is 0 Å². The molecule has 0 aromatic heterocycles. The molecule has 0 saturated carbocycles. The molecule has 1 aromatic rings. The van der Waals surface area contributed by atoms with Gasteiger partial charge in [0.1, 0.15) is 5.60 Å². The van der Waals surface area contributed by atoms with E-state index in [2.05, 4.69) is 10.1 Å². The maximum absolute atomic E-state index is 11.4. The van der Waals surface area contributed by atoms with E-state index in [1.165, 1.54) is 7.11 Å². The van der Waals surface area contributed by atoms with Crippen molar-refractivity contribution in [2.24, 2.45) is 0 Å². The third-order valence-corrected chi connectivity index (χ3v) is 3.57. The van der Waals surface area contributed by atoms with Crippen LogP contribution >= 0.6 is 0 Å². The Morgan fingerprint density at radius 1 is 1.50 bits per heavy atom. The Labute approximate surface area is 118 Å². The number of hydrogen-bond acceptors (Lipinski definition) is 6. The fourth-order valence-electron chi connectivity index (χ4n) is 2.19. The summed E-state index contributed by atoms with van der Waals surface area (Å²) in [5.74, 6) is -0.402. The lowest BCUT2D eigenvalue weighted by molar-refractivity contribution is -0.00619. The van der Waals surface area contributed by atoms with Crippen LogP contribution in [0.25, 0.3) is 0 Å². The van der Waals surface area contributed by atoms with Crippen LogP contribution in [-0.2, 0) is 14.2 Å². The molecule has 1 saturated heterocycles. The maximum Gasteiger partial charge on any atom is 0.337 e. The number of ether oxygens (including phenoxy) is 3. The Morgan fingerprint density at radius 3 is 2.85 bits per heavy atom. The zero-order chi connectivity index (χ0) is 14.6. The summed E-state index contributed by atoms with van der Waals surface area (Å²) >= 11 is 0. The largest absolute Gasteiger partial charge is 0.465 e. The highest BCUT2D eigenvalue weighted by molar-refractivity contribution is 5.91. The average molecular weight is 280 g/mol. The van der Waals surface area contributed by atoms with Gasteiger partial charge in [-0.25, -0.2) is 4.79 Å². The van der Waals surface area contributed by atoms with Gasteiger partial charge < -0.3 is 25.3 Å². The first-order valence-corrected chi connectivity index (χ1v) is 6.45. The van der Waals surface area contributed by atoms with Gasteiger partial charge >= 0.3 is 5.97 Å². The molecule has 6 nitrogen and oxygen atoms in total. The predicted molar refractivity (Wildman–Crippen MR) is 75.9 cm³/mol. The van der Waals surface area contributed by atoms with Crippen molar-refractivity contribution < 1.29 is 19.0 Å². The number of nitrogen functional groups attached to an aromatic ring is 1. The van der Waals surface area contributed by atoms with Gasteiger partial charge in [0.05, 0.1) is 30.7 Å². The molecule has 6 heteroatoms. The standard InChI is InChI=1S/C14H20N2O4/c1-18-13(17)10-3-4-12(11(15)7-10)16-8-14(19-2)5-6-20-9-14/h3-4,7,16H,5-6,8-9,15H2,1-2H3. The first-order chi connectivity index (χ1) is 9.60. The number of methoxy groups -OCH3 is 2. The first-order valence-electron chi connectivity index (χ1n) is 6.45. The lowest BCUT2D eigenvalue weighted by atomic mass is 10.0. The number of rotatable bonds is 5. The molecule has 0 amide bonds. The number of hydrogen-bond donors (Lipinski definition) is 2. The van der Waals surface area contributed by atoms with E-state index in [9.17, 15) is 4.79 Å². The smallest absolute Gasteiger partial charge is 0.337 e. The molecule has 1 aliphatic rings. The second-order valence-electron chi connectivity index (χ2n) is 4.84. The Bertz CT molecular complexity index is 484. The van der Waals surface area contributed by atoms with E-state index in [1.807, 2.05) is 0 Å². The highest BCUT2D eigenvalue weighted by Gasteiger charge is 2.34. The molecular weight excluding hydrogens is 260 g/mol. The van der Waals surface area contributed by atoms with E-state index >= 15 is 0 Å². The number of esters is 1. The van der Waals surface area contributed by atoms with Gasteiger partial charge in [0, 0.05) is 26.7 Å². The van der Waals surface area contributed by atoms with Crippen LogP contribution in [0.1, 0.15) is 16.8 Å².